The van der Waals surface area contributed by atoms with E-state index in [9.17, 15) is 16.8 Å². The van der Waals surface area contributed by atoms with E-state index in [0.29, 0.717) is 12.8 Å². The van der Waals surface area contributed by atoms with Crippen molar-refractivity contribution >= 4 is 31.4 Å². The monoisotopic (exact) mass is 452 g/mol. The summed E-state index contributed by atoms with van der Waals surface area (Å²) in [6, 6.07) is 12.2. The fourth-order valence-corrected chi connectivity index (χ4v) is 6.94. The topological polar surface area (TPSA) is 101 Å². The van der Waals surface area contributed by atoms with Gasteiger partial charge in [0.2, 0.25) is 20.0 Å². The predicted molar refractivity (Wildman–Crippen MR) is 110 cm³/mol. The summed E-state index contributed by atoms with van der Waals surface area (Å²) in [5.74, 6) is 0. The van der Waals surface area contributed by atoms with Gasteiger partial charge in [-0.3, -0.25) is 0 Å². The van der Waals surface area contributed by atoms with Gasteiger partial charge in [0.25, 0.3) is 0 Å². The third-order valence-corrected chi connectivity index (χ3v) is 9.52. The van der Waals surface area contributed by atoms with Crippen molar-refractivity contribution < 1.29 is 16.8 Å². The summed E-state index contributed by atoms with van der Waals surface area (Å²) in [7, 11) is -7.25. The van der Waals surface area contributed by atoms with Crippen molar-refractivity contribution in [2.75, 3.05) is 13.1 Å². The zero-order chi connectivity index (χ0) is 20.5. The highest BCUT2D eigenvalue weighted by molar-refractivity contribution is 7.91. The van der Waals surface area contributed by atoms with Crippen LogP contribution >= 0.6 is 11.3 Å². The Morgan fingerprint density at radius 3 is 2.38 bits per heavy atom. The van der Waals surface area contributed by atoms with Gasteiger partial charge in [-0.15, -0.1) is 11.3 Å². The maximum Gasteiger partial charge on any atom is 0.250 e. The first-order chi connectivity index (χ1) is 13.9. The number of rotatable bonds is 6. The quantitative estimate of drug-likeness (QED) is 0.617. The maximum atomic E-state index is 12.9. The van der Waals surface area contributed by atoms with Crippen LogP contribution in [0.25, 0.3) is 5.69 Å². The number of hydrogen-bond acceptors (Lipinski definition) is 6. The average molecular weight is 453 g/mol. The summed E-state index contributed by atoms with van der Waals surface area (Å²) in [6.07, 6.45) is 3.66. The van der Waals surface area contributed by atoms with E-state index in [2.05, 4.69) is 9.82 Å². The third kappa shape index (κ3) is 4.28. The molecule has 4 rings (SSSR count). The largest absolute Gasteiger partial charge is 0.250 e. The molecule has 154 valence electrons. The number of nitrogens with one attached hydrogen (secondary N) is 1. The Hall–Kier alpha value is -2.05. The molecule has 2 aromatic heterocycles. The van der Waals surface area contributed by atoms with Crippen molar-refractivity contribution in [1.29, 1.82) is 0 Å². The lowest BCUT2D eigenvalue weighted by atomic mass is 10.1. The first-order valence-corrected chi connectivity index (χ1v) is 12.8. The molecule has 0 saturated carbocycles. The van der Waals surface area contributed by atoms with E-state index in [0.717, 1.165) is 17.0 Å². The highest BCUT2D eigenvalue weighted by atomic mass is 32.2. The lowest BCUT2D eigenvalue weighted by molar-refractivity contribution is 0.308. The van der Waals surface area contributed by atoms with E-state index in [1.807, 2.05) is 30.3 Å². The molecule has 11 heteroatoms. The van der Waals surface area contributed by atoms with Gasteiger partial charge < -0.3 is 0 Å². The molecule has 0 atom stereocenters. The second-order valence-electron chi connectivity index (χ2n) is 6.69. The Bertz CT molecular complexity index is 1160. The molecule has 0 amide bonds. The van der Waals surface area contributed by atoms with E-state index in [-0.39, 0.29) is 28.2 Å². The maximum absolute atomic E-state index is 12.9. The Morgan fingerprint density at radius 2 is 1.72 bits per heavy atom. The fourth-order valence-electron chi connectivity index (χ4n) is 3.22. The first-order valence-electron chi connectivity index (χ1n) is 9.02. The lowest BCUT2D eigenvalue weighted by Crippen LogP contribution is -2.46. The number of nitrogens with zero attached hydrogens (tertiary/aromatic N) is 3. The number of thiophene rings is 1. The molecule has 1 fully saturated rings. The minimum absolute atomic E-state index is 0.124. The predicted octanol–water partition coefficient (Wildman–Crippen LogP) is 2.07. The summed E-state index contributed by atoms with van der Waals surface area (Å²) < 4.78 is 56.5. The van der Waals surface area contributed by atoms with Gasteiger partial charge in [0.05, 0.1) is 18.1 Å². The van der Waals surface area contributed by atoms with Gasteiger partial charge in [0.15, 0.2) is 0 Å². The summed E-state index contributed by atoms with van der Waals surface area (Å²) >= 11 is 1.15. The average Bonchev–Trinajstić information content (AvgIpc) is 3.42. The Balaban J connectivity index is 1.42. The van der Waals surface area contributed by atoms with Crippen molar-refractivity contribution in [3.05, 3.63) is 60.2 Å². The number of hydrogen-bond donors (Lipinski definition) is 1. The molecule has 3 aromatic rings. The number of aromatic nitrogens is 2. The van der Waals surface area contributed by atoms with Crippen molar-refractivity contribution in [3.63, 3.8) is 0 Å². The molecule has 1 aliphatic rings. The normalized spacial score (nSPS) is 16.8. The van der Waals surface area contributed by atoms with Crippen LogP contribution in [0.15, 0.2) is 69.3 Å². The zero-order valence-electron chi connectivity index (χ0n) is 15.4. The summed E-state index contributed by atoms with van der Waals surface area (Å²) in [6.45, 7) is 0.493. The van der Waals surface area contributed by atoms with E-state index in [4.69, 9.17) is 0 Å². The van der Waals surface area contributed by atoms with Crippen molar-refractivity contribution in [3.8, 4) is 5.69 Å². The van der Waals surface area contributed by atoms with Gasteiger partial charge >= 0.3 is 0 Å². The van der Waals surface area contributed by atoms with Gasteiger partial charge in [-0.2, -0.15) is 9.40 Å². The minimum Gasteiger partial charge on any atom is -0.240 e. The smallest absolute Gasteiger partial charge is 0.240 e. The SMILES string of the molecule is O=S(=O)(NC1CCN(S(=O)(=O)c2cnn(-c3ccccc3)c2)CC1)c1cccs1. The van der Waals surface area contributed by atoms with Crippen LogP contribution in [0.4, 0.5) is 0 Å². The van der Waals surface area contributed by atoms with Crippen molar-refractivity contribution in [2.24, 2.45) is 0 Å². The molecule has 1 aromatic carbocycles. The molecule has 1 N–H and O–H groups in total. The van der Waals surface area contributed by atoms with Crippen LogP contribution in [0.5, 0.6) is 0 Å². The number of piperidine rings is 1. The van der Waals surface area contributed by atoms with Gasteiger partial charge in [0, 0.05) is 19.1 Å². The van der Waals surface area contributed by atoms with E-state index >= 15 is 0 Å². The molecule has 29 heavy (non-hydrogen) atoms. The highest BCUT2D eigenvalue weighted by Gasteiger charge is 2.32. The van der Waals surface area contributed by atoms with E-state index in [1.165, 1.54) is 21.4 Å². The third-order valence-electron chi connectivity index (χ3n) is 4.75. The van der Waals surface area contributed by atoms with Gasteiger partial charge in [-0.05, 0) is 36.4 Å². The highest BCUT2D eigenvalue weighted by Crippen LogP contribution is 2.23. The lowest BCUT2D eigenvalue weighted by Gasteiger charge is -2.30. The number of benzene rings is 1. The first kappa shape index (κ1) is 20.2. The zero-order valence-corrected chi connectivity index (χ0v) is 17.8. The standard InChI is InChI=1S/C18H20N4O4S3/c23-28(24,18-7-4-12-27-18)20-15-8-10-21(11-9-15)29(25,26)17-13-19-22(14-17)16-5-2-1-3-6-16/h1-7,12-15,20H,8-11H2. The van der Waals surface area contributed by atoms with Crippen LogP contribution in [0, 0.1) is 0 Å². The molecule has 0 radical (unpaired) electrons. The van der Waals surface area contributed by atoms with Gasteiger partial charge in [-0.25, -0.2) is 26.2 Å². The molecule has 0 spiro atoms. The number of para-hydroxylation sites is 1. The van der Waals surface area contributed by atoms with Crippen molar-refractivity contribution in [2.45, 2.75) is 28.0 Å². The summed E-state index contributed by atoms with van der Waals surface area (Å²) in [4.78, 5) is 0.124. The molecule has 1 aliphatic heterocycles. The van der Waals surface area contributed by atoms with Gasteiger partial charge in [0.1, 0.15) is 9.10 Å². The van der Waals surface area contributed by atoms with Crippen LogP contribution < -0.4 is 4.72 Å². The fraction of sp³-hybridized carbons (Fsp3) is 0.278. The number of sulfonamides is 2. The Morgan fingerprint density at radius 1 is 1.00 bits per heavy atom. The molecule has 3 heterocycles. The molecular formula is C18H20N4O4S3. The molecule has 0 bridgehead atoms. The van der Waals surface area contributed by atoms with E-state index < -0.39 is 20.0 Å². The molecular weight excluding hydrogens is 432 g/mol. The summed E-state index contributed by atoms with van der Waals surface area (Å²) in [5.41, 5.74) is 0.774. The second-order valence-corrected chi connectivity index (χ2v) is 11.5. The Kier molecular flexibility index (Phi) is 5.58. The molecule has 0 aliphatic carbocycles. The van der Waals surface area contributed by atoms with Crippen LogP contribution in [-0.2, 0) is 20.0 Å². The van der Waals surface area contributed by atoms with Gasteiger partial charge in [-0.1, -0.05) is 24.3 Å². The summed E-state index contributed by atoms with van der Waals surface area (Å²) in [5, 5.41) is 5.87. The van der Waals surface area contributed by atoms with Crippen LogP contribution in [0.3, 0.4) is 0 Å². The molecule has 0 unspecified atom stereocenters. The van der Waals surface area contributed by atoms with E-state index in [1.54, 1.807) is 17.5 Å². The molecule has 1 saturated heterocycles. The van der Waals surface area contributed by atoms with Crippen LogP contribution in [0.2, 0.25) is 0 Å². The Labute approximate surface area is 173 Å². The minimum atomic E-state index is -3.68. The second kappa shape index (κ2) is 8.00. The van der Waals surface area contributed by atoms with Crippen LogP contribution in [-0.4, -0.2) is 50.1 Å². The van der Waals surface area contributed by atoms with Crippen LogP contribution in [0.1, 0.15) is 12.8 Å². The van der Waals surface area contributed by atoms with Crippen molar-refractivity contribution in [1.82, 2.24) is 18.8 Å². The molecule has 8 nitrogen and oxygen atoms in total.